The molecule has 1 fully saturated rings. The van der Waals surface area contributed by atoms with Gasteiger partial charge in [0, 0.05) is 18.7 Å². The van der Waals surface area contributed by atoms with Crippen LogP contribution in [-0.2, 0) is 4.79 Å². The minimum Gasteiger partial charge on any atom is -0.396 e. The number of hydrogen-bond acceptors (Lipinski definition) is 3. The Labute approximate surface area is 110 Å². The second kappa shape index (κ2) is 6.53. The Morgan fingerprint density at radius 3 is 2.28 bits per heavy atom. The van der Waals surface area contributed by atoms with Gasteiger partial charge in [-0.3, -0.25) is 4.79 Å². The number of aliphatic hydroxyl groups is 1. The van der Waals surface area contributed by atoms with Gasteiger partial charge in [-0.15, -0.1) is 0 Å². The van der Waals surface area contributed by atoms with Gasteiger partial charge in [-0.25, -0.2) is 0 Å². The van der Waals surface area contributed by atoms with Crippen molar-refractivity contribution < 1.29 is 9.90 Å². The van der Waals surface area contributed by atoms with Crippen molar-refractivity contribution in [2.24, 2.45) is 11.1 Å². The average molecular weight is 256 g/mol. The number of nitrogens with two attached hydrogens (primary N) is 1. The summed E-state index contributed by atoms with van der Waals surface area (Å²) in [5.74, 6) is 0.0744. The topological polar surface area (TPSA) is 75.3 Å². The summed E-state index contributed by atoms with van der Waals surface area (Å²) in [7, 11) is 0. The Morgan fingerprint density at radius 1 is 1.28 bits per heavy atom. The molecule has 4 nitrogen and oxygen atoms in total. The van der Waals surface area contributed by atoms with Gasteiger partial charge in [0.15, 0.2) is 0 Å². The van der Waals surface area contributed by atoms with E-state index >= 15 is 0 Å². The zero-order chi connectivity index (χ0) is 13.6. The summed E-state index contributed by atoms with van der Waals surface area (Å²) in [4.78, 5) is 12.5. The highest BCUT2D eigenvalue weighted by Gasteiger charge is 2.39. The molecule has 0 spiro atoms. The monoisotopic (exact) mass is 256 g/mol. The van der Waals surface area contributed by atoms with E-state index in [1.165, 1.54) is 12.8 Å². The van der Waals surface area contributed by atoms with E-state index in [9.17, 15) is 4.79 Å². The van der Waals surface area contributed by atoms with Crippen LogP contribution in [0.3, 0.4) is 0 Å². The molecule has 1 rings (SSSR count). The molecule has 1 aliphatic rings. The maximum atomic E-state index is 12.5. The summed E-state index contributed by atoms with van der Waals surface area (Å²) in [5, 5.41) is 12.1. The van der Waals surface area contributed by atoms with E-state index in [0.29, 0.717) is 13.0 Å². The van der Waals surface area contributed by atoms with E-state index in [0.717, 1.165) is 25.7 Å². The van der Waals surface area contributed by atoms with Crippen molar-refractivity contribution in [3.05, 3.63) is 0 Å². The van der Waals surface area contributed by atoms with Crippen LogP contribution in [-0.4, -0.2) is 29.7 Å². The minimum absolute atomic E-state index is 0.0744. The van der Waals surface area contributed by atoms with Crippen LogP contribution in [0.4, 0.5) is 0 Å². The van der Waals surface area contributed by atoms with Crippen molar-refractivity contribution in [2.75, 3.05) is 13.2 Å². The Morgan fingerprint density at radius 2 is 1.83 bits per heavy atom. The predicted molar refractivity (Wildman–Crippen MR) is 73.1 cm³/mol. The second-order valence-corrected chi connectivity index (χ2v) is 6.21. The molecule has 18 heavy (non-hydrogen) atoms. The van der Waals surface area contributed by atoms with Gasteiger partial charge >= 0.3 is 0 Å². The van der Waals surface area contributed by atoms with E-state index in [1.807, 2.05) is 13.8 Å². The Kier molecular flexibility index (Phi) is 5.60. The van der Waals surface area contributed by atoms with Gasteiger partial charge in [-0.05, 0) is 33.1 Å². The molecule has 0 radical (unpaired) electrons. The molecule has 0 aromatic carbocycles. The van der Waals surface area contributed by atoms with Crippen LogP contribution in [0.5, 0.6) is 0 Å². The lowest BCUT2D eigenvalue weighted by atomic mass is 9.78. The largest absolute Gasteiger partial charge is 0.396 e. The number of aliphatic hydroxyl groups excluding tert-OH is 1. The van der Waals surface area contributed by atoms with Crippen molar-refractivity contribution in [3.63, 3.8) is 0 Å². The van der Waals surface area contributed by atoms with Gasteiger partial charge < -0.3 is 16.2 Å². The van der Waals surface area contributed by atoms with E-state index in [1.54, 1.807) is 0 Å². The molecule has 0 unspecified atom stereocenters. The quantitative estimate of drug-likeness (QED) is 0.653. The first-order chi connectivity index (χ1) is 8.46. The first kappa shape index (κ1) is 15.4. The number of amides is 1. The first-order valence-electron chi connectivity index (χ1n) is 7.09. The molecule has 0 aliphatic heterocycles. The van der Waals surface area contributed by atoms with Crippen LogP contribution in [0.1, 0.15) is 58.8 Å². The third-order valence-corrected chi connectivity index (χ3v) is 4.12. The summed E-state index contributed by atoms with van der Waals surface area (Å²) < 4.78 is 0. The molecule has 0 atom stereocenters. The maximum absolute atomic E-state index is 12.5. The van der Waals surface area contributed by atoms with Gasteiger partial charge in [-0.1, -0.05) is 25.7 Å². The van der Waals surface area contributed by atoms with Gasteiger partial charge in [-0.2, -0.15) is 0 Å². The molecule has 0 bridgehead atoms. The Bertz CT molecular complexity index is 269. The molecule has 1 amide bonds. The molecule has 0 aromatic heterocycles. The highest BCUT2D eigenvalue weighted by atomic mass is 16.3. The van der Waals surface area contributed by atoms with Crippen molar-refractivity contribution in [2.45, 2.75) is 64.3 Å². The van der Waals surface area contributed by atoms with E-state index in [2.05, 4.69) is 5.32 Å². The fourth-order valence-corrected chi connectivity index (χ4v) is 2.71. The van der Waals surface area contributed by atoms with Crippen molar-refractivity contribution in [3.8, 4) is 0 Å². The van der Waals surface area contributed by atoms with Crippen molar-refractivity contribution >= 4 is 5.91 Å². The molecule has 4 heteroatoms. The van der Waals surface area contributed by atoms with Crippen LogP contribution in [0, 0.1) is 5.41 Å². The van der Waals surface area contributed by atoms with E-state index in [-0.39, 0.29) is 23.5 Å². The fraction of sp³-hybridized carbons (Fsp3) is 0.929. The summed E-state index contributed by atoms with van der Waals surface area (Å²) in [6.45, 7) is 4.40. The Hall–Kier alpha value is -0.610. The van der Waals surface area contributed by atoms with Crippen LogP contribution in [0.15, 0.2) is 0 Å². The first-order valence-corrected chi connectivity index (χ1v) is 7.09. The molecule has 4 N–H and O–H groups in total. The SMILES string of the molecule is CC(C)(CCO)NC(=O)C1(CN)CCCCCC1. The number of hydrogen-bond donors (Lipinski definition) is 3. The predicted octanol–water partition coefficient (Wildman–Crippen LogP) is 1.56. The molecule has 0 heterocycles. The third-order valence-electron chi connectivity index (χ3n) is 4.12. The zero-order valence-electron chi connectivity index (χ0n) is 11.8. The minimum atomic E-state index is -0.386. The second-order valence-electron chi connectivity index (χ2n) is 6.21. The zero-order valence-corrected chi connectivity index (χ0v) is 11.8. The lowest BCUT2D eigenvalue weighted by molar-refractivity contribution is -0.133. The molecule has 1 aliphatic carbocycles. The number of nitrogens with one attached hydrogen (secondary N) is 1. The fourth-order valence-electron chi connectivity index (χ4n) is 2.71. The molecule has 1 saturated carbocycles. The third kappa shape index (κ3) is 3.95. The summed E-state index contributed by atoms with van der Waals surface area (Å²) >= 11 is 0. The molecule has 106 valence electrons. The molecule has 0 saturated heterocycles. The van der Waals surface area contributed by atoms with Crippen molar-refractivity contribution in [1.82, 2.24) is 5.32 Å². The van der Waals surface area contributed by atoms with E-state index < -0.39 is 0 Å². The number of carbonyl (C=O) groups is 1. The molecular formula is C14H28N2O2. The lowest BCUT2D eigenvalue weighted by Gasteiger charge is -2.35. The number of carbonyl (C=O) groups excluding carboxylic acids is 1. The van der Waals surface area contributed by atoms with Crippen LogP contribution in [0.2, 0.25) is 0 Å². The lowest BCUT2D eigenvalue weighted by Crippen LogP contribution is -2.53. The van der Waals surface area contributed by atoms with Crippen LogP contribution in [0.25, 0.3) is 0 Å². The summed E-state index contributed by atoms with van der Waals surface area (Å²) in [5.41, 5.74) is 5.14. The van der Waals surface area contributed by atoms with Crippen molar-refractivity contribution in [1.29, 1.82) is 0 Å². The average Bonchev–Trinajstić information content (AvgIpc) is 2.54. The number of rotatable bonds is 5. The Balaban J connectivity index is 2.71. The van der Waals surface area contributed by atoms with Gasteiger partial charge in [0.2, 0.25) is 5.91 Å². The molecule has 0 aromatic rings. The summed E-state index contributed by atoms with van der Waals surface area (Å²) in [6, 6.07) is 0. The van der Waals surface area contributed by atoms with Crippen LogP contribution < -0.4 is 11.1 Å². The smallest absolute Gasteiger partial charge is 0.227 e. The summed E-state index contributed by atoms with van der Waals surface area (Å²) in [6.07, 6.45) is 6.94. The highest BCUT2D eigenvalue weighted by molar-refractivity contribution is 5.83. The maximum Gasteiger partial charge on any atom is 0.227 e. The van der Waals surface area contributed by atoms with E-state index in [4.69, 9.17) is 10.8 Å². The van der Waals surface area contributed by atoms with Gasteiger partial charge in [0.05, 0.1) is 5.41 Å². The highest BCUT2D eigenvalue weighted by Crippen LogP contribution is 2.35. The standard InChI is InChI=1S/C14H28N2O2/c1-13(2,9-10-17)16-12(18)14(11-15)7-5-3-4-6-8-14/h17H,3-11,15H2,1-2H3,(H,16,18). The van der Waals surface area contributed by atoms with Gasteiger partial charge in [0.1, 0.15) is 0 Å². The van der Waals surface area contributed by atoms with Crippen LogP contribution >= 0.6 is 0 Å². The van der Waals surface area contributed by atoms with Gasteiger partial charge in [0.25, 0.3) is 0 Å². The normalized spacial score (nSPS) is 20.2. The molecular weight excluding hydrogens is 228 g/mol.